The molecule has 0 unspecified atom stereocenters. The molecule has 1 atom stereocenters. The van der Waals surface area contributed by atoms with Crippen molar-refractivity contribution in [1.82, 2.24) is 9.80 Å². The number of para-hydroxylation sites is 1. The fourth-order valence-corrected chi connectivity index (χ4v) is 4.60. The minimum absolute atomic E-state index is 0.0463. The standard InChI is InChI=1S/C20H27N3O3/c1-21-9-4-7-20(19(21)25)8-10-23(15-20)18(24)16-5-2-3-6-17(16)22-11-13-26-14-12-22/h2-3,5-6H,4,7-15H2,1H3/t20-/m0/s1. The van der Waals surface area contributed by atoms with Crippen molar-refractivity contribution in [2.45, 2.75) is 19.3 Å². The van der Waals surface area contributed by atoms with Crippen LogP contribution in [0.4, 0.5) is 5.69 Å². The predicted octanol–water partition coefficient (Wildman–Crippen LogP) is 1.61. The van der Waals surface area contributed by atoms with Crippen LogP contribution in [0.1, 0.15) is 29.6 Å². The van der Waals surface area contributed by atoms with Crippen molar-refractivity contribution in [2.24, 2.45) is 5.41 Å². The molecule has 140 valence electrons. The third-order valence-corrected chi connectivity index (χ3v) is 6.08. The van der Waals surface area contributed by atoms with Gasteiger partial charge in [-0.2, -0.15) is 0 Å². The van der Waals surface area contributed by atoms with E-state index in [2.05, 4.69) is 4.90 Å². The summed E-state index contributed by atoms with van der Waals surface area (Å²) >= 11 is 0. The first kappa shape index (κ1) is 17.3. The summed E-state index contributed by atoms with van der Waals surface area (Å²) in [5.41, 5.74) is 1.35. The zero-order chi connectivity index (χ0) is 18.1. The third-order valence-electron chi connectivity index (χ3n) is 6.08. The quantitative estimate of drug-likeness (QED) is 0.807. The number of hydrogen-bond acceptors (Lipinski definition) is 4. The first-order valence-corrected chi connectivity index (χ1v) is 9.57. The number of anilines is 1. The lowest BCUT2D eigenvalue weighted by Gasteiger charge is -2.37. The molecular weight excluding hydrogens is 330 g/mol. The second kappa shape index (κ2) is 6.91. The molecule has 1 aromatic carbocycles. The molecule has 0 aliphatic carbocycles. The normalized spacial score (nSPS) is 26.7. The molecule has 26 heavy (non-hydrogen) atoms. The van der Waals surface area contributed by atoms with Crippen molar-refractivity contribution >= 4 is 17.5 Å². The van der Waals surface area contributed by atoms with Gasteiger partial charge in [0.25, 0.3) is 5.91 Å². The second-order valence-electron chi connectivity index (χ2n) is 7.70. The Hall–Kier alpha value is -2.08. The summed E-state index contributed by atoms with van der Waals surface area (Å²) in [7, 11) is 1.88. The number of morpholine rings is 1. The Morgan fingerprint density at radius 2 is 1.85 bits per heavy atom. The molecule has 3 heterocycles. The SMILES string of the molecule is CN1CCC[C@@]2(CCN(C(=O)c3ccccc3N3CCOCC3)C2)C1=O. The van der Waals surface area contributed by atoms with E-state index in [-0.39, 0.29) is 17.2 Å². The molecule has 0 radical (unpaired) electrons. The predicted molar refractivity (Wildman–Crippen MR) is 99.3 cm³/mol. The van der Waals surface area contributed by atoms with E-state index in [1.165, 1.54) is 0 Å². The van der Waals surface area contributed by atoms with Crippen LogP contribution in [0.25, 0.3) is 0 Å². The van der Waals surface area contributed by atoms with E-state index in [4.69, 9.17) is 4.74 Å². The molecule has 3 fully saturated rings. The number of piperidine rings is 1. The highest BCUT2D eigenvalue weighted by Gasteiger charge is 2.48. The summed E-state index contributed by atoms with van der Waals surface area (Å²) < 4.78 is 5.44. The molecule has 1 aromatic rings. The van der Waals surface area contributed by atoms with Gasteiger partial charge in [0.15, 0.2) is 0 Å². The first-order valence-electron chi connectivity index (χ1n) is 9.57. The molecule has 6 heteroatoms. The molecule has 0 aromatic heterocycles. The smallest absolute Gasteiger partial charge is 0.255 e. The van der Waals surface area contributed by atoms with Gasteiger partial charge in [-0.05, 0) is 31.4 Å². The molecule has 3 aliphatic heterocycles. The van der Waals surface area contributed by atoms with Gasteiger partial charge in [-0.25, -0.2) is 0 Å². The van der Waals surface area contributed by atoms with Crippen LogP contribution < -0.4 is 4.90 Å². The lowest BCUT2D eigenvalue weighted by atomic mass is 9.78. The Labute approximate surface area is 154 Å². The van der Waals surface area contributed by atoms with Crippen LogP contribution in [0.2, 0.25) is 0 Å². The Bertz CT molecular complexity index is 701. The molecular formula is C20H27N3O3. The molecule has 6 nitrogen and oxygen atoms in total. The average Bonchev–Trinajstić information content (AvgIpc) is 3.11. The number of carbonyl (C=O) groups is 2. The fraction of sp³-hybridized carbons (Fsp3) is 0.600. The van der Waals surface area contributed by atoms with E-state index in [9.17, 15) is 9.59 Å². The molecule has 4 rings (SSSR count). The van der Waals surface area contributed by atoms with Crippen molar-refractivity contribution in [1.29, 1.82) is 0 Å². The van der Waals surface area contributed by atoms with Crippen molar-refractivity contribution in [3.8, 4) is 0 Å². The zero-order valence-electron chi connectivity index (χ0n) is 15.4. The minimum Gasteiger partial charge on any atom is -0.378 e. The van der Waals surface area contributed by atoms with Gasteiger partial charge in [-0.3, -0.25) is 9.59 Å². The largest absolute Gasteiger partial charge is 0.378 e. The van der Waals surface area contributed by atoms with Crippen molar-refractivity contribution in [2.75, 3.05) is 57.9 Å². The van der Waals surface area contributed by atoms with Crippen LogP contribution in [-0.4, -0.2) is 74.6 Å². The number of nitrogens with zero attached hydrogens (tertiary/aromatic N) is 3. The number of ether oxygens (including phenoxy) is 1. The third kappa shape index (κ3) is 2.96. The van der Waals surface area contributed by atoms with Crippen molar-refractivity contribution < 1.29 is 14.3 Å². The number of rotatable bonds is 2. The van der Waals surface area contributed by atoms with Gasteiger partial charge in [0.05, 0.1) is 24.2 Å². The van der Waals surface area contributed by atoms with Crippen molar-refractivity contribution in [3.05, 3.63) is 29.8 Å². The molecule has 0 N–H and O–H groups in total. The van der Waals surface area contributed by atoms with Gasteiger partial charge in [0, 0.05) is 45.5 Å². The van der Waals surface area contributed by atoms with Gasteiger partial charge >= 0.3 is 0 Å². The van der Waals surface area contributed by atoms with Crippen LogP contribution in [0.3, 0.4) is 0 Å². The van der Waals surface area contributed by atoms with Gasteiger partial charge in [0.2, 0.25) is 5.91 Å². The molecule has 0 bridgehead atoms. The van der Waals surface area contributed by atoms with Gasteiger partial charge < -0.3 is 19.4 Å². The lowest BCUT2D eigenvalue weighted by Crippen LogP contribution is -2.48. The topological polar surface area (TPSA) is 53.1 Å². The minimum atomic E-state index is -0.365. The summed E-state index contributed by atoms with van der Waals surface area (Å²) in [6.07, 6.45) is 2.70. The molecule has 3 saturated heterocycles. The maximum atomic E-state index is 13.3. The molecule has 2 amide bonds. The second-order valence-corrected chi connectivity index (χ2v) is 7.70. The average molecular weight is 357 g/mol. The number of likely N-dealkylation sites (tertiary alicyclic amines) is 2. The molecule has 3 aliphatic rings. The van der Waals surface area contributed by atoms with Gasteiger partial charge in [0.1, 0.15) is 0 Å². The van der Waals surface area contributed by atoms with Gasteiger partial charge in [-0.15, -0.1) is 0 Å². The van der Waals surface area contributed by atoms with Gasteiger partial charge in [-0.1, -0.05) is 12.1 Å². The fourth-order valence-electron chi connectivity index (χ4n) is 4.60. The molecule has 0 saturated carbocycles. The van der Waals surface area contributed by atoms with E-state index in [0.29, 0.717) is 26.3 Å². The number of carbonyl (C=O) groups excluding carboxylic acids is 2. The number of hydrogen-bond donors (Lipinski definition) is 0. The van der Waals surface area contributed by atoms with Crippen LogP contribution in [0, 0.1) is 5.41 Å². The highest BCUT2D eigenvalue weighted by Crippen LogP contribution is 2.40. The number of amides is 2. The maximum absolute atomic E-state index is 13.3. The van der Waals surface area contributed by atoms with E-state index >= 15 is 0 Å². The van der Waals surface area contributed by atoms with Crippen LogP contribution in [0.15, 0.2) is 24.3 Å². The first-order chi connectivity index (χ1) is 12.6. The lowest BCUT2D eigenvalue weighted by molar-refractivity contribution is -0.143. The van der Waals surface area contributed by atoms with E-state index in [0.717, 1.165) is 50.1 Å². The summed E-state index contributed by atoms with van der Waals surface area (Å²) in [4.78, 5) is 31.9. The van der Waals surface area contributed by atoms with Crippen LogP contribution in [-0.2, 0) is 9.53 Å². The van der Waals surface area contributed by atoms with Crippen LogP contribution >= 0.6 is 0 Å². The Morgan fingerprint density at radius 3 is 2.65 bits per heavy atom. The summed E-state index contributed by atoms with van der Waals surface area (Å²) in [6, 6.07) is 7.83. The maximum Gasteiger partial charge on any atom is 0.255 e. The Morgan fingerprint density at radius 1 is 1.08 bits per heavy atom. The molecule has 1 spiro atoms. The van der Waals surface area contributed by atoms with E-state index < -0.39 is 0 Å². The highest BCUT2D eigenvalue weighted by molar-refractivity contribution is 6.00. The van der Waals surface area contributed by atoms with Crippen molar-refractivity contribution in [3.63, 3.8) is 0 Å². The summed E-state index contributed by atoms with van der Waals surface area (Å²) in [5, 5.41) is 0. The van der Waals surface area contributed by atoms with E-state index in [1.54, 1.807) is 0 Å². The Balaban J connectivity index is 1.55. The zero-order valence-corrected chi connectivity index (χ0v) is 15.4. The van der Waals surface area contributed by atoms with Crippen LogP contribution in [0.5, 0.6) is 0 Å². The Kier molecular flexibility index (Phi) is 4.61. The monoisotopic (exact) mass is 357 g/mol. The highest BCUT2D eigenvalue weighted by atomic mass is 16.5. The number of benzene rings is 1. The summed E-state index contributed by atoms with van der Waals surface area (Å²) in [5.74, 6) is 0.255. The van der Waals surface area contributed by atoms with E-state index in [1.807, 2.05) is 41.1 Å². The summed E-state index contributed by atoms with van der Waals surface area (Å²) in [6.45, 7) is 5.03.